The number of nitrogens with two attached hydrogens (primary N) is 1. The fourth-order valence-corrected chi connectivity index (χ4v) is 2.54. The first-order valence-electron chi connectivity index (χ1n) is 9.71. The summed E-state index contributed by atoms with van der Waals surface area (Å²) in [6.45, 7) is 2.23. The van der Waals surface area contributed by atoms with E-state index >= 15 is 0 Å². The third kappa shape index (κ3) is 15.6. The summed E-state index contributed by atoms with van der Waals surface area (Å²) < 4.78 is 0. The van der Waals surface area contributed by atoms with Crippen molar-refractivity contribution >= 4 is 11.9 Å². The normalized spacial score (nSPS) is 11.3. The number of carboxylic acid groups (broad SMARTS) is 2. The van der Waals surface area contributed by atoms with Crippen molar-refractivity contribution in [2.75, 3.05) is 0 Å². The molecule has 0 bridgehead atoms. The highest BCUT2D eigenvalue weighted by Gasteiger charge is 2.10. The monoisotopic (exact) mass is 365 g/mol. The Kier molecular flexibility index (Phi) is 15.4. The first kappa shape index (κ1) is 24.1. The van der Waals surface area contributed by atoms with Gasteiger partial charge in [0.1, 0.15) is 6.04 Å². The third-order valence-electron chi connectivity index (χ3n) is 4.11. The largest absolute Gasteiger partial charge is 0.481 e. The molecular formula is C21H35NO4. The summed E-state index contributed by atoms with van der Waals surface area (Å²) in [5, 5.41) is 16.9. The molecule has 26 heavy (non-hydrogen) atoms. The van der Waals surface area contributed by atoms with Gasteiger partial charge in [-0.3, -0.25) is 9.59 Å². The van der Waals surface area contributed by atoms with Crippen molar-refractivity contribution in [3.05, 3.63) is 35.9 Å². The van der Waals surface area contributed by atoms with E-state index < -0.39 is 18.0 Å². The van der Waals surface area contributed by atoms with Crippen LogP contribution in [0.15, 0.2) is 30.3 Å². The zero-order valence-corrected chi connectivity index (χ0v) is 16.0. The summed E-state index contributed by atoms with van der Waals surface area (Å²) in [5.41, 5.74) is 6.30. The second-order valence-corrected chi connectivity index (χ2v) is 6.61. The fraction of sp³-hybridized carbons (Fsp3) is 0.619. The van der Waals surface area contributed by atoms with Crippen molar-refractivity contribution in [1.82, 2.24) is 0 Å². The highest BCUT2D eigenvalue weighted by molar-refractivity contribution is 5.73. The number of unbranched alkanes of at least 4 members (excludes halogenated alkanes) is 8. The summed E-state index contributed by atoms with van der Waals surface area (Å²) in [5.74, 6) is -1.62. The van der Waals surface area contributed by atoms with Crippen molar-refractivity contribution in [1.29, 1.82) is 0 Å². The molecule has 1 aromatic rings. The van der Waals surface area contributed by atoms with Gasteiger partial charge >= 0.3 is 11.9 Å². The quantitative estimate of drug-likeness (QED) is 0.442. The molecule has 4 N–H and O–H groups in total. The average Bonchev–Trinajstić information content (AvgIpc) is 2.61. The van der Waals surface area contributed by atoms with E-state index in [2.05, 4.69) is 6.92 Å². The molecule has 0 unspecified atom stereocenters. The Labute approximate surface area is 157 Å². The number of rotatable bonds is 13. The van der Waals surface area contributed by atoms with E-state index in [0.29, 0.717) is 12.8 Å². The molecule has 0 aliphatic rings. The van der Waals surface area contributed by atoms with Gasteiger partial charge in [-0.1, -0.05) is 88.6 Å². The zero-order chi connectivity index (χ0) is 19.6. The van der Waals surface area contributed by atoms with Crippen LogP contribution in [-0.2, 0) is 16.0 Å². The number of hydrogen-bond donors (Lipinski definition) is 3. The van der Waals surface area contributed by atoms with Crippen molar-refractivity contribution in [2.45, 2.75) is 83.6 Å². The van der Waals surface area contributed by atoms with Crippen LogP contribution < -0.4 is 5.73 Å². The van der Waals surface area contributed by atoms with Gasteiger partial charge in [0, 0.05) is 6.42 Å². The van der Waals surface area contributed by atoms with Crippen LogP contribution >= 0.6 is 0 Å². The van der Waals surface area contributed by atoms with Gasteiger partial charge in [0.15, 0.2) is 0 Å². The number of hydrogen-bond acceptors (Lipinski definition) is 3. The van der Waals surface area contributed by atoms with Crippen molar-refractivity contribution < 1.29 is 19.8 Å². The van der Waals surface area contributed by atoms with Crippen LogP contribution in [0.1, 0.15) is 76.7 Å². The summed E-state index contributed by atoms with van der Waals surface area (Å²) in [6, 6.07) is 8.54. The van der Waals surface area contributed by atoms with Gasteiger partial charge in [0.05, 0.1) is 0 Å². The van der Waals surface area contributed by atoms with E-state index in [1.54, 1.807) is 0 Å². The van der Waals surface area contributed by atoms with Gasteiger partial charge in [-0.05, 0) is 18.4 Å². The molecule has 1 rings (SSSR count). The molecule has 0 radical (unpaired) electrons. The fourth-order valence-electron chi connectivity index (χ4n) is 2.54. The van der Waals surface area contributed by atoms with Crippen LogP contribution in [-0.4, -0.2) is 28.2 Å². The van der Waals surface area contributed by atoms with E-state index in [-0.39, 0.29) is 0 Å². The van der Waals surface area contributed by atoms with E-state index in [9.17, 15) is 9.59 Å². The van der Waals surface area contributed by atoms with Crippen molar-refractivity contribution in [3.8, 4) is 0 Å². The lowest BCUT2D eigenvalue weighted by Gasteiger charge is -2.04. The van der Waals surface area contributed by atoms with Gasteiger partial charge in [-0.2, -0.15) is 0 Å². The molecule has 5 nitrogen and oxygen atoms in total. The summed E-state index contributed by atoms with van der Waals surface area (Å²) in [7, 11) is 0. The Morgan fingerprint density at radius 1 is 0.885 bits per heavy atom. The molecule has 1 aromatic carbocycles. The molecule has 0 aliphatic heterocycles. The Morgan fingerprint density at radius 3 is 1.85 bits per heavy atom. The van der Waals surface area contributed by atoms with Crippen LogP contribution in [0, 0.1) is 0 Å². The van der Waals surface area contributed by atoms with Crippen LogP contribution in [0.2, 0.25) is 0 Å². The first-order chi connectivity index (χ1) is 12.5. The van der Waals surface area contributed by atoms with E-state index in [4.69, 9.17) is 15.9 Å². The maximum Gasteiger partial charge on any atom is 0.320 e. The van der Waals surface area contributed by atoms with Gasteiger partial charge in [0.2, 0.25) is 0 Å². The van der Waals surface area contributed by atoms with Crippen LogP contribution in [0.4, 0.5) is 0 Å². The molecule has 0 fully saturated rings. The molecule has 0 heterocycles. The van der Waals surface area contributed by atoms with Crippen LogP contribution in [0.25, 0.3) is 0 Å². The maximum atomic E-state index is 10.4. The van der Waals surface area contributed by atoms with Crippen LogP contribution in [0.3, 0.4) is 0 Å². The standard InChI is InChI=1S/C12H24O2.C9H11NO2/c1-2-3-4-5-6-7-8-9-10-11-12(13)14;10-8(9(11)12)6-7-4-2-1-3-5-7/h2-11H2,1H3,(H,13,14);1-5,8H,6,10H2,(H,11,12)/t;8-/m.0/s1. The minimum atomic E-state index is -0.959. The van der Waals surface area contributed by atoms with Gasteiger partial charge in [-0.25, -0.2) is 0 Å². The van der Waals surface area contributed by atoms with Gasteiger partial charge in [0.25, 0.3) is 0 Å². The Morgan fingerprint density at radius 2 is 1.38 bits per heavy atom. The van der Waals surface area contributed by atoms with E-state index in [0.717, 1.165) is 18.4 Å². The molecule has 0 saturated carbocycles. The first-order valence-corrected chi connectivity index (χ1v) is 9.71. The smallest absolute Gasteiger partial charge is 0.320 e. The molecule has 0 aromatic heterocycles. The highest BCUT2D eigenvalue weighted by Crippen LogP contribution is 2.10. The predicted molar refractivity (Wildman–Crippen MR) is 105 cm³/mol. The lowest BCUT2D eigenvalue weighted by atomic mass is 10.1. The predicted octanol–water partition coefficient (Wildman–Crippen LogP) is 4.63. The topological polar surface area (TPSA) is 101 Å². The highest BCUT2D eigenvalue weighted by atomic mass is 16.4. The third-order valence-corrected chi connectivity index (χ3v) is 4.11. The molecule has 148 valence electrons. The number of carboxylic acids is 2. The molecular weight excluding hydrogens is 330 g/mol. The summed E-state index contributed by atoms with van der Waals surface area (Å²) >= 11 is 0. The molecule has 0 spiro atoms. The molecule has 0 aliphatic carbocycles. The molecule has 1 atom stereocenters. The van der Waals surface area contributed by atoms with Crippen molar-refractivity contribution in [2.24, 2.45) is 5.73 Å². The van der Waals surface area contributed by atoms with Gasteiger partial charge in [-0.15, -0.1) is 0 Å². The minimum absolute atomic E-state index is 0.343. The Balaban J connectivity index is 0.000000485. The lowest BCUT2D eigenvalue weighted by molar-refractivity contribution is -0.139. The Bertz CT molecular complexity index is 476. The second-order valence-electron chi connectivity index (χ2n) is 6.61. The van der Waals surface area contributed by atoms with E-state index in [1.165, 1.54) is 44.9 Å². The van der Waals surface area contributed by atoms with Gasteiger partial charge < -0.3 is 15.9 Å². The summed E-state index contributed by atoms with van der Waals surface area (Å²) in [6.07, 6.45) is 11.9. The molecule has 0 amide bonds. The maximum absolute atomic E-state index is 10.4. The SMILES string of the molecule is CCCCCCCCCCCC(=O)O.N[C@@H](Cc1ccccc1)C(=O)O. The minimum Gasteiger partial charge on any atom is -0.481 e. The second kappa shape index (κ2) is 16.6. The number of carbonyl (C=O) groups is 2. The number of aliphatic carboxylic acids is 2. The van der Waals surface area contributed by atoms with E-state index in [1.807, 2.05) is 30.3 Å². The zero-order valence-electron chi connectivity index (χ0n) is 16.0. The lowest BCUT2D eigenvalue weighted by Crippen LogP contribution is -2.32. The summed E-state index contributed by atoms with van der Waals surface area (Å²) in [4.78, 5) is 20.6. The van der Waals surface area contributed by atoms with Crippen LogP contribution in [0.5, 0.6) is 0 Å². The Hall–Kier alpha value is -1.88. The average molecular weight is 366 g/mol. The molecule has 0 saturated heterocycles. The molecule has 5 heteroatoms. The number of benzene rings is 1. The van der Waals surface area contributed by atoms with Crippen molar-refractivity contribution in [3.63, 3.8) is 0 Å².